The van der Waals surface area contributed by atoms with Gasteiger partial charge in [-0.3, -0.25) is 9.59 Å². The van der Waals surface area contributed by atoms with Gasteiger partial charge in [-0.25, -0.2) is 0 Å². The number of fused-ring (bicyclic) bond motifs is 1. The number of thiophene rings is 1. The average Bonchev–Trinajstić information content (AvgIpc) is 3.31. The Hall–Kier alpha value is -2.38. The van der Waals surface area contributed by atoms with Crippen LogP contribution in [0.4, 0.5) is 5.69 Å². The molecule has 0 saturated carbocycles. The van der Waals surface area contributed by atoms with E-state index in [4.69, 9.17) is 4.74 Å². The van der Waals surface area contributed by atoms with Crippen molar-refractivity contribution in [2.24, 2.45) is 0 Å². The second kappa shape index (κ2) is 6.07. The molecule has 2 aromatic rings. The van der Waals surface area contributed by atoms with E-state index in [9.17, 15) is 9.59 Å². The minimum atomic E-state index is -0.564. The Morgan fingerprint density at radius 3 is 2.70 bits per heavy atom. The number of benzene rings is 1. The topological polar surface area (TPSA) is 70.7 Å². The molecular formula is C20H21N3O3S. The molecular weight excluding hydrogens is 362 g/mol. The quantitative estimate of drug-likeness (QED) is 0.794. The number of nitrogens with one attached hydrogen (secondary N) is 2. The third-order valence-electron chi connectivity index (χ3n) is 5.84. The largest absolute Gasteiger partial charge is 0.370 e. The monoisotopic (exact) mass is 383 g/mol. The molecule has 1 unspecified atom stereocenters. The summed E-state index contributed by atoms with van der Waals surface area (Å²) >= 11 is 1.48. The summed E-state index contributed by atoms with van der Waals surface area (Å²) in [6.45, 7) is 1.79. The summed E-state index contributed by atoms with van der Waals surface area (Å²) in [5.41, 5.74) is 0.664. The highest BCUT2D eigenvalue weighted by atomic mass is 32.1. The van der Waals surface area contributed by atoms with Crippen molar-refractivity contribution in [2.75, 3.05) is 25.0 Å². The normalized spacial score (nSPS) is 25.9. The van der Waals surface area contributed by atoms with E-state index in [1.807, 2.05) is 46.7 Å². The van der Waals surface area contributed by atoms with Crippen LogP contribution in [-0.2, 0) is 4.74 Å². The Morgan fingerprint density at radius 1 is 1.11 bits per heavy atom. The fourth-order valence-electron chi connectivity index (χ4n) is 4.45. The molecule has 2 N–H and O–H groups in total. The smallest absolute Gasteiger partial charge is 0.263 e. The highest BCUT2D eigenvalue weighted by molar-refractivity contribution is 7.12. The molecule has 4 heterocycles. The fraction of sp³-hybridized carbons (Fsp3) is 0.400. The van der Waals surface area contributed by atoms with E-state index in [1.165, 1.54) is 11.3 Å². The van der Waals surface area contributed by atoms with Crippen LogP contribution >= 0.6 is 11.3 Å². The van der Waals surface area contributed by atoms with Crippen LogP contribution in [0.2, 0.25) is 0 Å². The van der Waals surface area contributed by atoms with E-state index < -0.39 is 5.66 Å². The molecule has 0 bridgehead atoms. The van der Waals surface area contributed by atoms with E-state index in [0.717, 1.165) is 23.4 Å². The number of carbonyl (C=O) groups is 2. The van der Waals surface area contributed by atoms with Crippen molar-refractivity contribution < 1.29 is 14.3 Å². The number of likely N-dealkylation sites (tertiary alicyclic amines) is 1. The van der Waals surface area contributed by atoms with Gasteiger partial charge >= 0.3 is 0 Å². The number of hydrogen-bond donors (Lipinski definition) is 2. The van der Waals surface area contributed by atoms with Crippen LogP contribution < -0.4 is 10.6 Å². The number of ether oxygens (including phenoxy) is 1. The molecule has 2 saturated heterocycles. The number of nitrogens with zero attached hydrogens (tertiary/aromatic N) is 1. The maximum Gasteiger partial charge on any atom is 0.263 e. The van der Waals surface area contributed by atoms with Gasteiger partial charge in [0.25, 0.3) is 11.8 Å². The first-order valence-electron chi connectivity index (χ1n) is 9.25. The van der Waals surface area contributed by atoms with Crippen LogP contribution in [0, 0.1) is 0 Å². The lowest BCUT2D eigenvalue weighted by Crippen LogP contribution is -2.59. The molecule has 2 spiro atoms. The van der Waals surface area contributed by atoms with Crippen molar-refractivity contribution in [3.05, 3.63) is 52.2 Å². The molecule has 2 amide bonds. The van der Waals surface area contributed by atoms with E-state index in [-0.39, 0.29) is 17.4 Å². The Bertz CT molecular complexity index is 890. The van der Waals surface area contributed by atoms with E-state index in [2.05, 4.69) is 10.6 Å². The number of para-hydroxylation sites is 1. The lowest BCUT2D eigenvalue weighted by atomic mass is 9.84. The Kier molecular flexibility index (Phi) is 3.77. The van der Waals surface area contributed by atoms with Crippen molar-refractivity contribution >= 4 is 28.8 Å². The average molecular weight is 383 g/mol. The molecule has 0 aliphatic carbocycles. The molecule has 7 heteroatoms. The van der Waals surface area contributed by atoms with Crippen molar-refractivity contribution in [3.8, 4) is 0 Å². The SMILES string of the molecule is O=C1NC2(COC3(CCN(C(=O)c4cccs4)CC3)C2)Nc2ccccc21. The summed E-state index contributed by atoms with van der Waals surface area (Å²) in [5, 5.41) is 8.55. The predicted molar refractivity (Wildman–Crippen MR) is 103 cm³/mol. The highest BCUT2D eigenvalue weighted by Crippen LogP contribution is 2.43. The summed E-state index contributed by atoms with van der Waals surface area (Å²) in [5.74, 6) is 0.0425. The molecule has 27 heavy (non-hydrogen) atoms. The van der Waals surface area contributed by atoms with Gasteiger partial charge in [0.15, 0.2) is 0 Å². The number of amides is 2. The maximum atomic E-state index is 12.6. The van der Waals surface area contributed by atoms with E-state index in [1.54, 1.807) is 0 Å². The van der Waals surface area contributed by atoms with Gasteiger partial charge in [-0.2, -0.15) is 0 Å². The van der Waals surface area contributed by atoms with Gasteiger partial charge in [0, 0.05) is 25.2 Å². The maximum absolute atomic E-state index is 12.6. The Balaban J connectivity index is 1.29. The molecule has 1 atom stereocenters. The van der Waals surface area contributed by atoms with Crippen LogP contribution in [0.5, 0.6) is 0 Å². The number of anilines is 1. The van der Waals surface area contributed by atoms with Gasteiger partial charge in [0.2, 0.25) is 0 Å². The summed E-state index contributed by atoms with van der Waals surface area (Å²) in [4.78, 5) is 27.8. The predicted octanol–water partition coefficient (Wildman–Crippen LogP) is 2.70. The number of piperidine rings is 1. The zero-order valence-corrected chi connectivity index (χ0v) is 15.7. The minimum absolute atomic E-state index is 0.0599. The highest BCUT2D eigenvalue weighted by Gasteiger charge is 2.53. The first-order valence-corrected chi connectivity index (χ1v) is 10.1. The molecule has 3 aliphatic heterocycles. The first-order chi connectivity index (χ1) is 13.1. The Morgan fingerprint density at radius 2 is 1.93 bits per heavy atom. The van der Waals surface area contributed by atoms with Crippen LogP contribution in [0.1, 0.15) is 39.3 Å². The molecule has 5 rings (SSSR count). The number of rotatable bonds is 1. The van der Waals surface area contributed by atoms with Crippen LogP contribution in [-0.4, -0.2) is 47.7 Å². The third kappa shape index (κ3) is 2.82. The van der Waals surface area contributed by atoms with Crippen molar-refractivity contribution in [3.63, 3.8) is 0 Å². The first kappa shape index (κ1) is 16.8. The number of hydrogen-bond acceptors (Lipinski definition) is 5. The second-order valence-electron chi connectivity index (χ2n) is 7.62. The fourth-order valence-corrected chi connectivity index (χ4v) is 5.14. The second-order valence-corrected chi connectivity index (χ2v) is 8.57. The van der Waals surface area contributed by atoms with Gasteiger partial charge in [-0.15, -0.1) is 11.3 Å². The standard InChI is InChI=1S/C20H21N3O3S/c24-17-14-4-1-2-5-15(14)21-20(22-17)12-19(26-13-20)7-9-23(10-8-19)18(25)16-6-3-11-27-16/h1-6,11,21H,7-10,12-13H2,(H,22,24). The lowest BCUT2D eigenvalue weighted by molar-refractivity contribution is -0.0392. The van der Waals surface area contributed by atoms with Crippen LogP contribution in [0.25, 0.3) is 0 Å². The summed E-state index contributed by atoms with van der Waals surface area (Å²) < 4.78 is 6.24. The van der Waals surface area contributed by atoms with Gasteiger partial charge in [-0.05, 0) is 36.4 Å². The summed E-state index contributed by atoms with van der Waals surface area (Å²) in [6, 6.07) is 11.3. The minimum Gasteiger partial charge on any atom is -0.370 e. The molecule has 1 aromatic carbocycles. The number of carbonyl (C=O) groups excluding carboxylic acids is 2. The van der Waals surface area contributed by atoms with Gasteiger partial charge in [-0.1, -0.05) is 18.2 Å². The summed E-state index contributed by atoms with van der Waals surface area (Å²) in [7, 11) is 0. The molecule has 2 fully saturated rings. The van der Waals surface area contributed by atoms with E-state index >= 15 is 0 Å². The van der Waals surface area contributed by atoms with Gasteiger partial charge in [0.05, 0.1) is 22.6 Å². The van der Waals surface area contributed by atoms with Gasteiger partial charge in [0.1, 0.15) is 5.66 Å². The van der Waals surface area contributed by atoms with E-state index in [0.29, 0.717) is 31.7 Å². The molecule has 3 aliphatic rings. The van der Waals surface area contributed by atoms with Crippen molar-refractivity contribution in [1.29, 1.82) is 0 Å². The molecule has 0 radical (unpaired) electrons. The summed E-state index contributed by atoms with van der Waals surface area (Å²) in [6.07, 6.45) is 2.28. The third-order valence-corrected chi connectivity index (χ3v) is 6.70. The molecule has 6 nitrogen and oxygen atoms in total. The zero-order valence-electron chi connectivity index (χ0n) is 14.9. The Labute approximate surface area is 161 Å². The molecule has 140 valence electrons. The zero-order chi connectivity index (χ0) is 18.5. The van der Waals surface area contributed by atoms with Gasteiger partial charge < -0.3 is 20.3 Å². The van der Waals surface area contributed by atoms with Crippen LogP contribution in [0.15, 0.2) is 41.8 Å². The van der Waals surface area contributed by atoms with Crippen LogP contribution in [0.3, 0.4) is 0 Å². The lowest BCUT2D eigenvalue weighted by Gasteiger charge is -2.41. The molecule has 1 aromatic heterocycles. The van der Waals surface area contributed by atoms with Crippen molar-refractivity contribution in [2.45, 2.75) is 30.5 Å². The van der Waals surface area contributed by atoms with Crippen molar-refractivity contribution in [1.82, 2.24) is 10.2 Å².